The van der Waals surface area contributed by atoms with Crippen LogP contribution in [0.5, 0.6) is 5.75 Å². The lowest BCUT2D eigenvalue weighted by Gasteiger charge is -2.14. The maximum absolute atomic E-state index is 13.4. The zero-order valence-electron chi connectivity index (χ0n) is 11.0. The summed E-state index contributed by atoms with van der Waals surface area (Å²) in [7, 11) is 2.63. The molecule has 1 rings (SSSR count). The first-order chi connectivity index (χ1) is 9.47. The van der Waals surface area contributed by atoms with Crippen molar-refractivity contribution in [1.29, 1.82) is 0 Å². The van der Waals surface area contributed by atoms with E-state index in [0.717, 1.165) is 6.07 Å². The van der Waals surface area contributed by atoms with Gasteiger partial charge in [0.15, 0.2) is 17.6 Å². The molecule has 0 aromatic heterocycles. The van der Waals surface area contributed by atoms with Crippen molar-refractivity contribution in [3.05, 3.63) is 24.0 Å². The van der Waals surface area contributed by atoms with Gasteiger partial charge in [-0.1, -0.05) is 0 Å². The second-order valence-corrected chi connectivity index (χ2v) is 3.79. The minimum absolute atomic E-state index is 0.0405. The van der Waals surface area contributed by atoms with Gasteiger partial charge < -0.3 is 25.2 Å². The predicted molar refractivity (Wildman–Crippen MR) is 68.4 cm³/mol. The van der Waals surface area contributed by atoms with Crippen LogP contribution in [0, 0.1) is 5.82 Å². The number of benzene rings is 1. The van der Waals surface area contributed by atoms with Crippen LogP contribution in [0.25, 0.3) is 0 Å². The van der Waals surface area contributed by atoms with Crippen molar-refractivity contribution in [3.63, 3.8) is 0 Å². The highest BCUT2D eigenvalue weighted by Crippen LogP contribution is 2.20. The molecule has 0 bridgehead atoms. The molecule has 20 heavy (non-hydrogen) atoms. The monoisotopic (exact) mass is 286 g/mol. The summed E-state index contributed by atoms with van der Waals surface area (Å²) in [5.41, 5.74) is 0.169. The number of hydrogen-bond donors (Lipinski definition) is 3. The summed E-state index contributed by atoms with van der Waals surface area (Å²) < 4.78 is 22.8. The van der Waals surface area contributed by atoms with Crippen molar-refractivity contribution in [2.24, 2.45) is 0 Å². The van der Waals surface area contributed by atoms with Gasteiger partial charge in [0.25, 0.3) is 0 Å². The van der Waals surface area contributed by atoms with Gasteiger partial charge in [-0.2, -0.15) is 0 Å². The van der Waals surface area contributed by atoms with Crippen LogP contribution in [0.2, 0.25) is 0 Å². The van der Waals surface area contributed by atoms with Crippen molar-refractivity contribution in [2.75, 3.05) is 26.1 Å². The molecule has 8 heteroatoms. The number of aliphatic carboxylic acids is 1. The molecular formula is C12H15FN2O5. The molecule has 1 atom stereocenters. The Balaban J connectivity index is 2.66. The van der Waals surface area contributed by atoms with Crippen molar-refractivity contribution < 1.29 is 28.6 Å². The quantitative estimate of drug-likeness (QED) is 0.726. The van der Waals surface area contributed by atoms with Crippen LogP contribution in [-0.4, -0.2) is 44.0 Å². The van der Waals surface area contributed by atoms with Gasteiger partial charge in [0.2, 0.25) is 0 Å². The molecule has 1 unspecified atom stereocenters. The van der Waals surface area contributed by atoms with Crippen molar-refractivity contribution in [1.82, 2.24) is 5.32 Å². The highest BCUT2D eigenvalue weighted by Gasteiger charge is 2.19. The van der Waals surface area contributed by atoms with Crippen molar-refractivity contribution in [3.8, 4) is 5.75 Å². The lowest BCUT2D eigenvalue weighted by atomic mass is 10.3. The lowest BCUT2D eigenvalue weighted by molar-refractivity contribution is -0.140. The van der Waals surface area contributed by atoms with Crippen LogP contribution in [0.1, 0.15) is 0 Å². The van der Waals surface area contributed by atoms with Crippen LogP contribution >= 0.6 is 0 Å². The van der Waals surface area contributed by atoms with Crippen LogP contribution in [-0.2, 0) is 9.53 Å². The summed E-state index contributed by atoms with van der Waals surface area (Å²) in [6, 6.07) is 1.86. The molecule has 0 saturated heterocycles. The largest absolute Gasteiger partial charge is 0.494 e. The highest BCUT2D eigenvalue weighted by molar-refractivity contribution is 5.92. The van der Waals surface area contributed by atoms with E-state index in [2.05, 4.69) is 15.4 Å². The number of hydrogen-bond acceptors (Lipinski definition) is 4. The molecule has 0 aliphatic rings. The summed E-state index contributed by atoms with van der Waals surface area (Å²) in [6.07, 6.45) is 0. The highest BCUT2D eigenvalue weighted by atomic mass is 19.1. The summed E-state index contributed by atoms with van der Waals surface area (Å²) in [5, 5.41) is 13.3. The van der Waals surface area contributed by atoms with Gasteiger partial charge >= 0.3 is 12.0 Å². The van der Waals surface area contributed by atoms with Crippen LogP contribution < -0.4 is 15.4 Å². The second-order valence-electron chi connectivity index (χ2n) is 3.79. The third-order valence-electron chi connectivity index (χ3n) is 2.35. The summed E-state index contributed by atoms with van der Waals surface area (Å²) in [4.78, 5) is 22.4. The Morgan fingerprint density at radius 2 is 2.10 bits per heavy atom. The first-order valence-corrected chi connectivity index (χ1v) is 5.60. The van der Waals surface area contributed by atoms with Gasteiger partial charge in [-0.25, -0.2) is 14.0 Å². The van der Waals surface area contributed by atoms with E-state index >= 15 is 0 Å². The average molecular weight is 286 g/mol. The Kier molecular flexibility index (Phi) is 5.73. The topological polar surface area (TPSA) is 96.9 Å². The van der Waals surface area contributed by atoms with E-state index in [1.54, 1.807) is 0 Å². The Labute approximate surface area is 114 Å². The molecule has 2 amide bonds. The first-order valence-electron chi connectivity index (χ1n) is 5.60. The molecule has 0 spiro atoms. The Hall–Kier alpha value is -2.35. The number of carboxylic acids is 1. The molecule has 0 aliphatic carbocycles. The number of urea groups is 1. The van der Waals surface area contributed by atoms with Gasteiger partial charge in [0.1, 0.15) is 0 Å². The molecule has 3 N–H and O–H groups in total. The number of anilines is 1. The van der Waals surface area contributed by atoms with Gasteiger partial charge in [0, 0.05) is 18.9 Å². The fraction of sp³-hybridized carbons (Fsp3) is 0.333. The van der Waals surface area contributed by atoms with Gasteiger partial charge in [-0.15, -0.1) is 0 Å². The van der Waals surface area contributed by atoms with Gasteiger partial charge in [0.05, 0.1) is 13.7 Å². The molecule has 0 aliphatic heterocycles. The predicted octanol–water partition coefficient (Wildman–Crippen LogP) is 1.06. The number of halogens is 1. The van der Waals surface area contributed by atoms with E-state index < -0.39 is 23.9 Å². The molecule has 0 heterocycles. The molecule has 0 radical (unpaired) electrons. The molecular weight excluding hydrogens is 271 g/mol. The lowest BCUT2D eigenvalue weighted by Crippen LogP contribution is -2.45. The van der Waals surface area contributed by atoms with Crippen molar-refractivity contribution >= 4 is 17.7 Å². The van der Waals surface area contributed by atoms with E-state index in [4.69, 9.17) is 9.84 Å². The third-order valence-corrected chi connectivity index (χ3v) is 2.35. The summed E-state index contributed by atoms with van der Waals surface area (Å²) >= 11 is 0. The van der Waals surface area contributed by atoms with E-state index in [9.17, 15) is 14.0 Å². The van der Waals surface area contributed by atoms with Crippen LogP contribution in [0.4, 0.5) is 14.9 Å². The summed E-state index contributed by atoms with van der Waals surface area (Å²) in [6.45, 7) is -0.181. The van der Waals surface area contributed by atoms with E-state index in [1.165, 1.54) is 26.4 Å². The van der Waals surface area contributed by atoms with Crippen LogP contribution in [0.3, 0.4) is 0 Å². The Morgan fingerprint density at radius 3 is 2.60 bits per heavy atom. The number of ether oxygens (including phenoxy) is 2. The molecule has 1 aromatic rings. The maximum Gasteiger partial charge on any atom is 0.328 e. The minimum Gasteiger partial charge on any atom is -0.494 e. The average Bonchev–Trinajstić information content (AvgIpc) is 2.38. The SMILES string of the molecule is COCC(NC(=O)Nc1ccc(OC)c(F)c1)C(=O)O. The standard InChI is InChI=1S/C12H15FN2O5/c1-19-6-9(11(16)17)15-12(18)14-7-3-4-10(20-2)8(13)5-7/h3-5,9H,6H2,1-2H3,(H,16,17)(H2,14,15,18). The molecule has 110 valence electrons. The zero-order chi connectivity index (χ0) is 15.1. The molecule has 1 aromatic carbocycles. The fourth-order valence-corrected chi connectivity index (χ4v) is 1.41. The van der Waals surface area contributed by atoms with Gasteiger partial charge in [-0.05, 0) is 12.1 Å². The number of carboxylic acid groups (broad SMARTS) is 1. The van der Waals surface area contributed by atoms with E-state index in [1.807, 2.05) is 0 Å². The minimum atomic E-state index is -1.23. The van der Waals surface area contributed by atoms with E-state index in [0.29, 0.717) is 0 Å². The Morgan fingerprint density at radius 1 is 1.40 bits per heavy atom. The fourth-order valence-electron chi connectivity index (χ4n) is 1.41. The maximum atomic E-state index is 13.4. The zero-order valence-corrected chi connectivity index (χ0v) is 11.0. The number of methoxy groups -OCH3 is 2. The number of rotatable bonds is 6. The van der Waals surface area contributed by atoms with Crippen LogP contribution in [0.15, 0.2) is 18.2 Å². The number of carbonyl (C=O) groups excluding carboxylic acids is 1. The summed E-state index contributed by atoms with van der Waals surface area (Å²) in [5.74, 6) is -1.83. The first kappa shape index (κ1) is 15.7. The molecule has 7 nitrogen and oxygen atoms in total. The normalized spacial score (nSPS) is 11.6. The smallest absolute Gasteiger partial charge is 0.328 e. The second kappa shape index (κ2) is 7.29. The van der Waals surface area contributed by atoms with Gasteiger partial charge in [-0.3, -0.25) is 0 Å². The number of nitrogens with one attached hydrogen (secondary N) is 2. The van der Waals surface area contributed by atoms with Crippen molar-refractivity contribution in [2.45, 2.75) is 6.04 Å². The van der Waals surface area contributed by atoms with E-state index in [-0.39, 0.29) is 18.0 Å². The Bertz CT molecular complexity index is 495. The number of carbonyl (C=O) groups is 2. The third kappa shape index (κ3) is 4.39. The molecule has 0 fully saturated rings. The number of amides is 2. The molecule has 0 saturated carbocycles.